The van der Waals surface area contributed by atoms with Gasteiger partial charge in [-0.2, -0.15) is 0 Å². The van der Waals surface area contributed by atoms with E-state index in [4.69, 9.17) is 5.21 Å². The molecule has 0 radical (unpaired) electrons. The SMILES string of the molecule is O=C(/C=C/c1ccc(NC2CCN(CC3CCCCCC3)C2)nc1)NO. The summed E-state index contributed by atoms with van der Waals surface area (Å²) in [7, 11) is 0. The molecule has 2 fully saturated rings. The van der Waals surface area contributed by atoms with Gasteiger partial charge in [-0.15, -0.1) is 0 Å². The third-order valence-electron chi connectivity index (χ3n) is 5.44. The fourth-order valence-electron chi connectivity index (χ4n) is 4.04. The highest BCUT2D eigenvalue weighted by Crippen LogP contribution is 2.25. The van der Waals surface area contributed by atoms with Crippen molar-refractivity contribution in [2.75, 3.05) is 25.0 Å². The third kappa shape index (κ3) is 5.81. The van der Waals surface area contributed by atoms with E-state index in [2.05, 4.69) is 15.2 Å². The van der Waals surface area contributed by atoms with Gasteiger partial charge in [-0.25, -0.2) is 10.5 Å². The van der Waals surface area contributed by atoms with Gasteiger partial charge in [0.2, 0.25) is 0 Å². The lowest BCUT2D eigenvalue weighted by Crippen LogP contribution is -2.30. The molecular formula is C20H30N4O2. The quantitative estimate of drug-likeness (QED) is 0.315. The molecule has 1 saturated heterocycles. The molecule has 26 heavy (non-hydrogen) atoms. The molecule has 1 unspecified atom stereocenters. The number of carbonyl (C=O) groups excluding carboxylic acids is 1. The number of anilines is 1. The zero-order chi connectivity index (χ0) is 18.2. The Morgan fingerprint density at radius 1 is 1.23 bits per heavy atom. The Balaban J connectivity index is 1.44. The lowest BCUT2D eigenvalue weighted by molar-refractivity contribution is -0.124. The first-order valence-corrected chi connectivity index (χ1v) is 9.80. The first-order chi connectivity index (χ1) is 12.7. The number of pyridine rings is 1. The first kappa shape index (κ1) is 18.9. The molecule has 1 aromatic rings. The molecule has 6 heteroatoms. The molecule has 1 amide bonds. The predicted molar refractivity (Wildman–Crippen MR) is 103 cm³/mol. The zero-order valence-electron chi connectivity index (χ0n) is 15.4. The van der Waals surface area contributed by atoms with Crippen LogP contribution < -0.4 is 10.8 Å². The van der Waals surface area contributed by atoms with Gasteiger partial charge >= 0.3 is 0 Å². The molecule has 0 aromatic carbocycles. The van der Waals surface area contributed by atoms with Gasteiger partial charge in [0.25, 0.3) is 5.91 Å². The minimum atomic E-state index is -0.549. The van der Waals surface area contributed by atoms with Gasteiger partial charge in [-0.1, -0.05) is 25.7 Å². The minimum absolute atomic E-state index is 0.454. The molecule has 1 aliphatic heterocycles. The van der Waals surface area contributed by atoms with Crippen molar-refractivity contribution in [2.24, 2.45) is 5.92 Å². The average molecular weight is 358 g/mol. The fraction of sp³-hybridized carbons (Fsp3) is 0.600. The van der Waals surface area contributed by atoms with Crippen molar-refractivity contribution in [3.8, 4) is 0 Å². The Labute approximate surface area is 155 Å². The largest absolute Gasteiger partial charge is 0.366 e. The Morgan fingerprint density at radius 2 is 2.04 bits per heavy atom. The van der Waals surface area contributed by atoms with Gasteiger partial charge in [0.1, 0.15) is 5.82 Å². The van der Waals surface area contributed by atoms with E-state index < -0.39 is 5.91 Å². The summed E-state index contributed by atoms with van der Waals surface area (Å²) in [5, 5.41) is 12.0. The standard InChI is InChI=1S/C20H30N4O2/c25-20(23-26)10-8-16-7-9-19(21-13-16)22-18-11-12-24(15-18)14-17-5-3-1-2-4-6-17/h7-10,13,17-18,26H,1-6,11-12,14-15H2,(H,21,22)(H,23,25)/b10-8+. The number of hydrogen-bond donors (Lipinski definition) is 3. The smallest absolute Gasteiger partial charge is 0.267 e. The average Bonchev–Trinajstić information content (AvgIpc) is 2.93. The summed E-state index contributed by atoms with van der Waals surface area (Å²) in [6, 6.07) is 4.30. The summed E-state index contributed by atoms with van der Waals surface area (Å²) in [5.74, 6) is 1.21. The van der Waals surface area contributed by atoms with Crippen LogP contribution in [0, 0.1) is 5.92 Å². The molecule has 1 aliphatic carbocycles. The molecule has 3 N–H and O–H groups in total. The Morgan fingerprint density at radius 3 is 2.73 bits per heavy atom. The number of hydroxylamine groups is 1. The summed E-state index contributed by atoms with van der Waals surface area (Å²) in [5.41, 5.74) is 2.39. The lowest BCUT2D eigenvalue weighted by atomic mass is 10.00. The molecule has 2 heterocycles. The fourth-order valence-corrected chi connectivity index (χ4v) is 4.04. The van der Waals surface area contributed by atoms with Gasteiger partial charge in [0, 0.05) is 37.9 Å². The summed E-state index contributed by atoms with van der Waals surface area (Å²) in [6.07, 6.45) is 14.2. The number of carbonyl (C=O) groups is 1. The van der Waals surface area contributed by atoms with E-state index in [0.29, 0.717) is 6.04 Å². The number of aromatic nitrogens is 1. The van der Waals surface area contributed by atoms with Crippen molar-refractivity contribution in [2.45, 2.75) is 51.0 Å². The predicted octanol–water partition coefficient (Wildman–Crippen LogP) is 3.06. The molecule has 2 aliphatic rings. The maximum absolute atomic E-state index is 11.0. The van der Waals surface area contributed by atoms with Crippen LogP contribution in [-0.4, -0.2) is 46.7 Å². The van der Waals surface area contributed by atoms with E-state index in [0.717, 1.165) is 30.3 Å². The van der Waals surface area contributed by atoms with Gasteiger partial charge in [-0.05, 0) is 49.0 Å². The normalized spacial score (nSPS) is 22.4. The number of likely N-dealkylation sites (tertiary alicyclic amines) is 1. The zero-order valence-corrected chi connectivity index (χ0v) is 15.4. The minimum Gasteiger partial charge on any atom is -0.366 e. The molecule has 3 rings (SSSR count). The second kappa shape index (κ2) is 9.69. The van der Waals surface area contributed by atoms with Crippen LogP contribution in [0.4, 0.5) is 5.82 Å². The van der Waals surface area contributed by atoms with Crippen molar-refractivity contribution < 1.29 is 10.0 Å². The van der Waals surface area contributed by atoms with Gasteiger partial charge in [-0.3, -0.25) is 10.0 Å². The third-order valence-corrected chi connectivity index (χ3v) is 5.44. The van der Waals surface area contributed by atoms with E-state index in [1.165, 1.54) is 57.7 Å². The maximum Gasteiger partial charge on any atom is 0.267 e. The van der Waals surface area contributed by atoms with E-state index >= 15 is 0 Å². The number of rotatable bonds is 6. The molecule has 0 bridgehead atoms. The lowest BCUT2D eigenvalue weighted by Gasteiger charge is -2.22. The summed E-state index contributed by atoms with van der Waals surface area (Å²) in [6.45, 7) is 3.52. The van der Waals surface area contributed by atoms with Crippen LogP contribution >= 0.6 is 0 Å². The van der Waals surface area contributed by atoms with Crippen molar-refractivity contribution in [3.05, 3.63) is 30.0 Å². The second-order valence-electron chi connectivity index (χ2n) is 7.53. The maximum atomic E-state index is 11.0. The molecule has 142 valence electrons. The second-order valence-corrected chi connectivity index (χ2v) is 7.53. The van der Waals surface area contributed by atoms with Gasteiger partial charge in [0.05, 0.1) is 0 Å². The Kier molecular flexibility index (Phi) is 7.03. The van der Waals surface area contributed by atoms with Crippen LogP contribution in [0.25, 0.3) is 6.08 Å². The first-order valence-electron chi connectivity index (χ1n) is 9.80. The van der Waals surface area contributed by atoms with Gasteiger partial charge in [0.15, 0.2) is 0 Å². The van der Waals surface area contributed by atoms with E-state index in [9.17, 15) is 4.79 Å². The van der Waals surface area contributed by atoms with Crippen LogP contribution in [0.15, 0.2) is 24.4 Å². The van der Waals surface area contributed by atoms with E-state index in [1.54, 1.807) is 17.8 Å². The number of nitrogens with one attached hydrogen (secondary N) is 2. The highest BCUT2D eigenvalue weighted by atomic mass is 16.5. The molecule has 0 spiro atoms. The Hall–Kier alpha value is -1.92. The number of amides is 1. The molecule has 6 nitrogen and oxygen atoms in total. The Bertz CT molecular complexity index is 594. The van der Waals surface area contributed by atoms with Crippen molar-refractivity contribution in [1.82, 2.24) is 15.4 Å². The van der Waals surface area contributed by atoms with Crippen molar-refractivity contribution in [1.29, 1.82) is 0 Å². The summed E-state index contributed by atoms with van der Waals surface area (Å²) >= 11 is 0. The van der Waals surface area contributed by atoms with Crippen LogP contribution in [0.1, 0.15) is 50.5 Å². The summed E-state index contributed by atoms with van der Waals surface area (Å²) in [4.78, 5) is 18.0. The van der Waals surface area contributed by atoms with Crippen LogP contribution in [0.5, 0.6) is 0 Å². The molecular weight excluding hydrogens is 328 g/mol. The van der Waals surface area contributed by atoms with Crippen LogP contribution in [-0.2, 0) is 4.79 Å². The topological polar surface area (TPSA) is 77.5 Å². The van der Waals surface area contributed by atoms with E-state index in [-0.39, 0.29) is 0 Å². The summed E-state index contributed by atoms with van der Waals surface area (Å²) < 4.78 is 0. The highest BCUT2D eigenvalue weighted by Gasteiger charge is 2.25. The number of nitrogens with zero attached hydrogens (tertiary/aromatic N) is 2. The molecule has 1 saturated carbocycles. The monoisotopic (exact) mass is 358 g/mol. The van der Waals surface area contributed by atoms with Gasteiger partial charge < -0.3 is 10.2 Å². The van der Waals surface area contributed by atoms with Crippen LogP contribution in [0.2, 0.25) is 0 Å². The van der Waals surface area contributed by atoms with Crippen LogP contribution in [0.3, 0.4) is 0 Å². The number of hydrogen-bond acceptors (Lipinski definition) is 5. The highest BCUT2D eigenvalue weighted by molar-refractivity contribution is 5.90. The van der Waals surface area contributed by atoms with Crippen molar-refractivity contribution in [3.63, 3.8) is 0 Å². The molecule has 1 aromatic heterocycles. The van der Waals surface area contributed by atoms with Crippen molar-refractivity contribution >= 4 is 17.8 Å². The molecule has 1 atom stereocenters. The van der Waals surface area contributed by atoms with E-state index in [1.807, 2.05) is 12.1 Å².